The summed E-state index contributed by atoms with van der Waals surface area (Å²) in [5.74, 6) is 0.0104. The molecule has 5 heteroatoms. The van der Waals surface area contributed by atoms with Gasteiger partial charge in [0.05, 0.1) is 0 Å². The first-order chi connectivity index (χ1) is 11.3. The van der Waals surface area contributed by atoms with E-state index in [1.54, 1.807) is 12.4 Å². The van der Waals surface area contributed by atoms with Crippen molar-refractivity contribution in [2.45, 2.75) is 25.7 Å². The molecule has 2 aromatic heterocycles. The van der Waals surface area contributed by atoms with E-state index in [4.69, 9.17) is 4.74 Å². The van der Waals surface area contributed by atoms with Crippen LogP contribution in [0.15, 0.2) is 30.6 Å². The van der Waals surface area contributed by atoms with E-state index in [9.17, 15) is 4.79 Å². The molecular weight excluding hydrogens is 290 g/mol. The van der Waals surface area contributed by atoms with E-state index in [1.165, 1.54) is 0 Å². The smallest absolute Gasteiger partial charge is 0.274 e. The van der Waals surface area contributed by atoms with Gasteiger partial charge in [-0.25, -0.2) is 4.98 Å². The minimum Gasteiger partial charge on any atom is -0.381 e. The largest absolute Gasteiger partial charge is 0.381 e. The van der Waals surface area contributed by atoms with Gasteiger partial charge >= 0.3 is 0 Å². The molecule has 4 rings (SSSR count). The Morgan fingerprint density at radius 2 is 1.83 bits per heavy atom. The van der Waals surface area contributed by atoms with Crippen LogP contribution < -0.4 is 0 Å². The van der Waals surface area contributed by atoms with Crippen LogP contribution >= 0.6 is 0 Å². The second kappa shape index (κ2) is 5.89. The molecule has 1 amide bonds. The molecule has 1 spiro atoms. The molecule has 0 radical (unpaired) electrons. The SMILES string of the molecule is O=C(c1nccc2cccnc12)N1CCC2(CCOCC2)CC1. The van der Waals surface area contributed by atoms with Crippen LogP contribution in [0.2, 0.25) is 0 Å². The summed E-state index contributed by atoms with van der Waals surface area (Å²) in [4.78, 5) is 23.5. The lowest BCUT2D eigenvalue weighted by Crippen LogP contribution is -2.45. The predicted molar refractivity (Wildman–Crippen MR) is 87.2 cm³/mol. The van der Waals surface area contributed by atoms with Crippen molar-refractivity contribution in [2.24, 2.45) is 5.41 Å². The van der Waals surface area contributed by atoms with Crippen LogP contribution in [0.25, 0.3) is 10.9 Å². The number of rotatable bonds is 1. The molecule has 0 unspecified atom stereocenters. The monoisotopic (exact) mass is 311 g/mol. The van der Waals surface area contributed by atoms with E-state index in [1.807, 2.05) is 23.1 Å². The minimum absolute atomic E-state index is 0.0104. The summed E-state index contributed by atoms with van der Waals surface area (Å²) >= 11 is 0. The second-order valence-corrected chi connectivity index (χ2v) is 6.64. The van der Waals surface area contributed by atoms with Gasteiger partial charge in [0.25, 0.3) is 5.91 Å². The normalized spacial score (nSPS) is 20.8. The Morgan fingerprint density at radius 1 is 1.04 bits per heavy atom. The quantitative estimate of drug-likeness (QED) is 0.812. The highest BCUT2D eigenvalue weighted by molar-refractivity contribution is 6.03. The Bertz CT molecular complexity index is 710. The number of hydrogen-bond donors (Lipinski definition) is 0. The standard InChI is InChI=1S/C18H21N3O2/c22-17(16-15-14(3-9-20-16)2-1-8-19-15)21-10-4-18(5-11-21)6-12-23-13-7-18/h1-3,8-9H,4-7,10-13H2. The summed E-state index contributed by atoms with van der Waals surface area (Å²) < 4.78 is 5.49. The molecule has 120 valence electrons. The fraction of sp³-hybridized carbons (Fsp3) is 0.500. The van der Waals surface area contributed by atoms with Crippen molar-refractivity contribution in [3.63, 3.8) is 0 Å². The number of likely N-dealkylation sites (tertiary alicyclic amines) is 1. The average Bonchev–Trinajstić information content (AvgIpc) is 2.62. The number of carbonyl (C=O) groups excluding carboxylic acids is 1. The highest BCUT2D eigenvalue weighted by atomic mass is 16.5. The zero-order chi connectivity index (χ0) is 15.7. The molecular formula is C18H21N3O2. The van der Waals surface area contributed by atoms with Crippen LogP contribution in [-0.4, -0.2) is 47.1 Å². The van der Waals surface area contributed by atoms with Gasteiger partial charge in [-0.1, -0.05) is 6.07 Å². The number of ether oxygens (including phenoxy) is 1. The number of fused-ring (bicyclic) bond motifs is 1. The fourth-order valence-corrected chi connectivity index (χ4v) is 3.80. The molecule has 4 heterocycles. The molecule has 2 aromatic rings. The molecule has 0 N–H and O–H groups in total. The van der Waals surface area contributed by atoms with Crippen molar-refractivity contribution in [3.8, 4) is 0 Å². The lowest BCUT2D eigenvalue weighted by molar-refractivity contribution is -0.0176. The van der Waals surface area contributed by atoms with E-state index in [0.717, 1.165) is 57.4 Å². The number of piperidine rings is 1. The minimum atomic E-state index is 0.0104. The van der Waals surface area contributed by atoms with Crippen LogP contribution in [0.3, 0.4) is 0 Å². The highest BCUT2D eigenvalue weighted by Crippen LogP contribution is 2.40. The number of nitrogens with zero attached hydrogens (tertiary/aromatic N) is 3. The van der Waals surface area contributed by atoms with Crippen molar-refractivity contribution < 1.29 is 9.53 Å². The Balaban J connectivity index is 1.53. The summed E-state index contributed by atoms with van der Waals surface area (Å²) in [5, 5.41) is 0.962. The van der Waals surface area contributed by atoms with Crippen LogP contribution in [0.1, 0.15) is 36.2 Å². The number of pyridine rings is 2. The molecule has 0 bridgehead atoms. The van der Waals surface area contributed by atoms with Crippen LogP contribution in [0.4, 0.5) is 0 Å². The maximum atomic E-state index is 12.9. The lowest BCUT2D eigenvalue weighted by atomic mass is 9.72. The maximum absolute atomic E-state index is 12.9. The van der Waals surface area contributed by atoms with Crippen LogP contribution in [0, 0.1) is 5.41 Å². The van der Waals surface area contributed by atoms with Gasteiger partial charge in [-0.3, -0.25) is 9.78 Å². The number of aromatic nitrogens is 2. The van der Waals surface area contributed by atoms with Gasteiger partial charge in [-0.15, -0.1) is 0 Å². The first kappa shape index (κ1) is 14.6. The Morgan fingerprint density at radius 3 is 2.61 bits per heavy atom. The van der Waals surface area contributed by atoms with Crippen LogP contribution in [-0.2, 0) is 4.74 Å². The number of carbonyl (C=O) groups is 1. The third-order valence-corrected chi connectivity index (χ3v) is 5.39. The van der Waals surface area contributed by atoms with Crippen molar-refractivity contribution in [2.75, 3.05) is 26.3 Å². The molecule has 2 aliphatic rings. The van der Waals surface area contributed by atoms with E-state index in [0.29, 0.717) is 16.6 Å². The molecule has 23 heavy (non-hydrogen) atoms. The van der Waals surface area contributed by atoms with Crippen molar-refractivity contribution in [1.82, 2.24) is 14.9 Å². The van der Waals surface area contributed by atoms with E-state index in [-0.39, 0.29) is 5.91 Å². The van der Waals surface area contributed by atoms with Gasteiger partial charge in [-0.2, -0.15) is 0 Å². The number of hydrogen-bond acceptors (Lipinski definition) is 4. The molecule has 5 nitrogen and oxygen atoms in total. The number of amides is 1. The topological polar surface area (TPSA) is 55.3 Å². The maximum Gasteiger partial charge on any atom is 0.274 e. The highest BCUT2D eigenvalue weighted by Gasteiger charge is 2.37. The predicted octanol–water partition coefficient (Wildman–Crippen LogP) is 2.66. The zero-order valence-electron chi connectivity index (χ0n) is 13.2. The van der Waals surface area contributed by atoms with Gasteiger partial charge in [0.1, 0.15) is 5.52 Å². The van der Waals surface area contributed by atoms with Gasteiger partial charge < -0.3 is 9.64 Å². The molecule has 0 saturated carbocycles. The fourth-order valence-electron chi connectivity index (χ4n) is 3.80. The zero-order valence-corrected chi connectivity index (χ0v) is 13.2. The first-order valence-electron chi connectivity index (χ1n) is 8.34. The molecule has 2 fully saturated rings. The summed E-state index contributed by atoms with van der Waals surface area (Å²) in [6, 6.07) is 5.74. The average molecular weight is 311 g/mol. The lowest BCUT2D eigenvalue weighted by Gasteiger charge is -2.44. The van der Waals surface area contributed by atoms with Gasteiger partial charge in [0.15, 0.2) is 5.69 Å². The molecule has 2 saturated heterocycles. The second-order valence-electron chi connectivity index (χ2n) is 6.64. The van der Waals surface area contributed by atoms with E-state index >= 15 is 0 Å². The molecule has 0 aromatic carbocycles. The van der Waals surface area contributed by atoms with Crippen molar-refractivity contribution in [3.05, 3.63) is 36.3 Å². The third kappa shape index (κ3) is 2.70. The molecule has 0 atom stereocenters. The summed E-state index contributed by atoms with van der Waals surface area (Å²) in [6.07, 6.45) is 7.81. The van der Waals surface area contributed by atoms with E-state index in [2.05, 4.69) is 9.97 Å². The van der Waals surface area contributed by atoms with Crippen molar-refractivity contribution >= 4 is 16.8 Å². The molecule has 0 aliphatic carbocycles. The Kier molecular flexibility index (Phi) is 3.73. The summed E-state index contributed by atoms with van der Waals surface area (Å²) in [6.45, 7) is 3.35. The van der Waals surface area contributed by atoms with Gasteiger partial charge in [0, 0.05) is 44.1 Å². The molecule has 2 aliphatic heterocycles. The van der Waals surface area contributed by atoms with E-state index < -0.39 is 0 Å². The van der Waals surface area contributed by atoms with Crippen LogP contribution in [0.5, 0.6) is 0 Å². The van der Waals surface area contributed by atoms with Gasteiger partial charge in [-0.05, 0) is 43.2 Å². The van der Waals surface area contributed by atoms with Gasteiger partial charge in [0.2, 0.25) is 0 Å². The summed E-state index contributed by atoms with van der Waals surface area (Å²) in [7, 11) is 0. The van der Waals surface area contributed by atoms with Crippen molar-refractivity contribution in [1.29, 1.82) is 0 Å². The first-order valence-corrected chi connectivity index (χ1v) is 8.34. The summed E-state index contributed by atoms with van der Waals surface area (Å²) in [5.41, 5.74) is 1.57. The third-order valence-electron chi connectivity index (χ3n) is 5.39. The Hall–Kier alpha value is -2.01. The Labute approximate surface area is 135 Å².